The van der Waals surface area contributed by atoms with E-state index >= 15 is 0 Å². The van der Waals surface area contributed by atoms with Crippen molar-refractivity contribution in [2.24, 2.45) is 0 Å². The molecule has 0 aromatic heterocycles. The molecule has 0 bridgehead atoms. The highest BCUT2D eigenvalue weighted by molar-refractivity contribution is 5.85. The number of hydrogen-bond acceptors (Lipinski definition) is 3. The molecule has 1 amide bonds. The van der Waals surface area contributed by atoms with Crippen molar-refractivity contribution in [2.45, 2.75) is 0 Å². The fourth-order valence-electron chi connectivity index (χ4n) is 0.344. The van der Waals surface area contributed by atoms with Crippen LogP contribution in [0.4, 0.5) is 0 Å². The number of hydroxylamine groups is 2. The van der Waals surface area contributed by atoms with Gasteiger partial charge in [0.2, 0.25) is 0 Å². The average molecular weight is 159 g/mol. The van der Waals surface area contributed by atoms with Crippen LogP contribution in [0.5, 0.6) is 0 Å². The number of likely N-dealkylation sites (N-methyl/N-ethyl adjacent to an activating group) is 1. The Hall–Kier alpha value is -1.36. The van der Waals surface area contributed by atoms with Crippen LogP contribution < -0.4 is 0 Å². The van der Waals surface area contributed by atoms with Crippen LogP contribution >= 0.6 is 0 Å². The van der Waals surface area contributed by atoms with Gasteiger partial charge in [0.15, 0.2) is 6.61 Å². The summed E-state index contributed by atoms with van der Waals surface area (Å²) in [6.45, 7) is 2.66. The molecule has 0 aromatic rings. The number of amides is 1. The molecule has 62 valence electrons. The Morgan fingerprint density at radius 1 is 1.73 bits per heavy atom. The van der Waals surface area contributed by atoms with E-state index in [4.69, 9.17) is 5.11 Å². The highest BCUT2D eigenvalue weighted by Crippen LogP contribution is 1.86. The van der Waals surface area contributed by atoms with Crippen molar-refractivity contribution in [3.05, 3.63) is 12.7 Å². The number of nitrogens with zero attached hydrogens (tertiary/aromatic N) is 1. The summed E-state index contributed by atoms with van der Waals surface area (Å²) in [5.41, 5.74) is 0. The number of carbonyl (C=O) groups excluding carboxylic acids is 1. The van der Waals surface area contributed by atoms with Gasteiger partial charge in [0, 0.05) is 7.05 Å². The molecule has 0 aliphatic carbocycles. The van der Waals surface area contributed by atoms with Crippen molar-refractivity contribution in [2.75, 3.05) is 13.7 Å². The number of carbonyl (C=O) groups is 2. The first-order chi connectivity index (χ1) is 5.07. The Kier molecular flexibility index (Phi) is 3.90. The summed E-state index contributed by atoms with van der Waals surface area (Å²) in [4.78, 5) is 25.0. The van der Waals surface area contributed by atoms with E-state index in [-0.39, 0.29) is 0 Å². The van der Waals surface area contributed by atoms with Crippen LogP contribution in [0.15, 0.2) is 12.7 Å². The second-order valence-corrected chi connectivity index (χ2v) is 1.71. The largest absolute Gasteiger partial charge is 0.479 e. The number of rotatable bonds is 4. The molecule has 0 atom stereocenters. The van der Waals surface area contributed by atoms with Crippen molar-refractivity contribution in [1.82, 2.24) is 5.06 Å². The van der Waals surface area contributed by atoms with Crippen LogP contribution in [0.25, 0.3) is 0 Å². The van der Waals surface area contributed by atoms with Crippen molar-refractivity contribution >= 4 is 11.9 Å². The molecule has 5 heteroatoms. The monoisotopic (exact) mass is 159 g/mol. The molecule has 0 saturated carbocycles. The lowest BCUT2D eigenvalue weighted by Crippen LogP contribution is -2.27. The molecule has 1 N–H and O–H groups in total. The van der Waals surface area contributed by atoms with Crippen LogP contribution in [-0.2, 0) is 14.4 Å². The molecule has 0 aromatic carbocycles. The maximum atomic E-state index is 10.6. The lowest BCUT2D eigenvalue weighted by atomic mass is 10.6. The fourth-order valence-corrected chi connectivity index (χ4v) is 0.344. The Morgan fingerprint density at radius 3 is 2.64 bits per heavy atom. The minimum absolute atomic E-state index is 0.480. The van der Waals surface area contributed by atoms with Crippen LogP contribution in [0.1, 0.15) is 0 Å². The zero-order valence-electron chi connectivity index (χ0n) is 6.11. The van der Waals surface area contributed by atoms with E-state index in [0.717, 1.165) is 11.1 Å². The van der Waals surface area contributed by atoms with Crippen LogP contribution in [0.2, 0.25) is 0 Å². The molecule has 0 aliphatic rings. The van der Waals surface area contributed by atoms with Gasteiger partial charge in [-0.05, 0) is 6.08 Å². The zero-order chi connectivity index (χ0) is 8.85. The van der Waals surface area contributed by atoms with Crippen LogP contribution in [0.3, 0.4) is 0 Å². The molecule has 0 radical (unpaired) electrons. The molecule has 0 saturated heterocycles. The first kappa shape index (κ1) is 9.64. The summed E-state index contributed by atoms with van der Waals surface area (Å²) >= 11 is 0. The van der Waals surface area contributed by atoms with Crippen molar-refractivity contribution in [3.8, 4) is 0 Å². The molecule has 0 fully saturated rings. The zero-order valence-corrected chi connectivity index (χ0v) is 6.11. The van der Waals surface area contributed by atoms with E-state index in [1.54, 1.807) is 0 Å². The summed E-state index contributed by atoms with van der Waals surface area (Å²) < 4.78 is 0. The third-order valence-corrected chi connectivity index (χ3v) is 0.867. The minimum Gasteiger partial charge on any atom is -0.479 e. The van der Waals surface area contributed by atoms with E-state index in [2.05, 4.69) is 11.4 Å². The lowest BCUT2D eigenvalue weighted by Gasteiger charge is -2.12. The van der Waals surface area contributed by atoms with Crippen LogP contribution in [0, 0.1) is 0 Å². The van der Waals surface area contributed by atoms with Gasteiger partial charge < -0.3 is 5.11 Å². The Morgan fingerprint density at radius 2 is 2.27 bits per heavy atom. The van der Waals surface area contributed by atoms with Gasteiger partial charge in [0.05, 0.1) is 0 Å². The van der Waals surface area contributed by atoms with Gasteiger partial charge in [-0.2, -0.15) is 0 Å². The van der Waals surface area contributed by atoms with Crippen molar-refractivity contribution in [3.63, 3.8) is 0 Å². The van der Waals surface area contributed by atoms with Gasteiger partial charge >= 0.3 is 5.97 Å². The highest BCUT2D eigenvalue weighted by atomic mass is 16.7. The highest BCUT2D eigenvalue weighted by Gasteiger charge is 2.05. The van der Waals surface area contributed by atoms with Gasteiger partial charge in [-0.15, -0.1) is 0 Å². The SMILES string of the molecule is C=CC(=O)N(C)OCC(=O)O. The van der Waals surface area contributed by atoms with E-state index in [1.807, 2.05) is 0 Å². The maximum absolute atomic E-state index is 10.6. The molecule has 0 spiro atoms. The van der Waals surface area contributed by atoms with Gasteiger partial charge in [-0.1, -0.05) is 6.58 Å². The number of aliphatic carboxylic acids is 1. The van der Waals surface area contributed by atoms with Crippen LogP contribution in [-0.4, -0.2) is 35.7 Å². The van der Waals surface area contributed by atoms with E-state index in [1.165, 1.54) is 7.05 Å². The van der Waals surface area contributed by atoms with E-state index in [9.17, 15) is 9.59 Å². The van der Waals surface area contributed by atoms with Gasteiger partial charge in [-0.3, -0.25) is 9.63 Å². The summed E-state index contributed by atoms with van der Waals surface area (Å²) in [6, 6.07) is 0. The topological polar surface area (TPSA) is 66.8 Å². The van der Waals surface area contributed by atoms with Gasteiger partial charge in [0.25, 0.3) is 5.91 Å². The molecule has 11 heavy (non-hydrogen) atoms. The number of carboxylic acid groups (broad SMARTS) is 1. The Bertz CT molecular complexity index is 177. The van der Waals surface area contributed by atoms with Gasteiger partial charge in [0.1, 0.15) is 0 Å². The molecular weight excluding hydrogens is 150 g/mol. The third kappa shape index (κ3) is 4.10. The molecule has 0 heterocycles. The number of hydrogen-bond donors (Lipinski definition) is 1. The molecule has 5 nitrogen and oxygen atoms in total. The molecular formula is C6H9NO4. The third-order valence-electron chi connectivity index (χ3n) is 0.867. The molecule has 0 aliphatic heterocycles. The first-order valence-electron chi connectivity index (χ1n) is 2.82. The second-order valence-electron chi connectivity index (χ2n) is 1.71. The average Bonchev–Trinajstić information content (AvgIpc) is 1.98. The Balaban J connectivity index is 3.68. The van der Waals surface area contributed by atoms with Gasteiger partial charge in [-0.25, -0.2) is 9.86 Å². The maximum Gasteiger partial charge on any atom is 0.332 e. The summed E-state index contributed by atoms with van der Waals surface area (Å²) in [6.07, 6.45) is 1.03. The van der Waals surface area contributed by atoms with E-state index in [0.29, 0.717) is 0 Å². The van der Waals surface area contributed by atoms with E-state index < -0.39 is 18.5 Å². The molecule has 0 unspecified atom stereocenters. The first-order valence-corrected chi connectivity index (χ1v) is 2.82. The predicted molar refractivity (Wildman–Crippen MR) is 36.6 cm³/mol. The predicted octanol–water partition coefficient (Wildman–Crippen LogP) is -0.353. The summed E-state index contributed by atoms with van der Waals surface area (Å²) in [5.74, 6) is -1.61. The summed E-state index contributed by atoms with van der Waals surface area (Å²) in [7, 11) is 1.31. The lowest BCUT2D eigenvalue weighted by molar-refractivity contribution is -0.181. The molecule has 0 rings (SSSR count). The quantitative estimate of drug-likeness (QED) is 0.449. The normalized spacial score (nSPS) is 8.82. The second kappa shape index (κ2) is 4.45. The standard InChI is InChI=1S/C6H9NO4/c1-3-5(8)7(2)11-4-6(9)10/h3H,1,4H2,2H3,(H,9,10). The fraction of sp³-hybridized carbons (Fsp3) is 0.333. The summed E-state index contributed by atoms with van der Waals surface area (Å²) in [5, 5.41) is 8.93. The van der Waals surface area contributed by atoms with Crippen molar-refractivity contribution < 1.29 is 19.5 Å². The number of carboxylic acids is 1. The smallest absolute Gasteiger partial charge is 0.332 e. The minimum atomic E-state index is -1.13. The van der Waals surface area contributed by atoms with Crippen molar-refractivity contribution in [1.29, 1.82) is 0 Å². The Labute approximate surface area is 63.8 Å².